The van der Waals surface area contributed by atoms with Gasteiger partial charge in [0.25, 0.3) is 0 Å². The molecule has 2 aliphatic carbocycles. The molecular weight excluding hydrogens is 382 g/mol. The summed E-state index contributed by atoms with van der Waals surface area (Å²) in [6.45, 7) is 0. The lowest BCUT2D eigenvalue weighted by atomic mass is 9.52. The summed E-state index contributed by atoms with van der Waals surface area (Å²) in [4.78, 5) is 5.51. The molecular formula is C28H27NO2. The molecule has 0 N–H and O–H groups in total. The third kappa shape index (κ3) is 2.69. The fraction of sp³-hybridized carbons (Fsp3) is 0.321. The fourth-order valence-electron chi connectivity index (χ4n) is 6.52. The number of hydrogen-bond donors (Lipinski definition) is 0. The first-order valence-corrected chi connectivity index (χ1v) is 11.2. The van der Waals surface area contributed by atoms with Gasteiger partial charge in [0, 0.05) is 17.2 Å². The zero-order valence-corrected chi connectivity index (χ0v) is 18.0. The van der Waals surface area contributed by atoms with Crippen molar-refractivity contribution in [1.82, 2.24) is 0 Å². The normalized spacial score (nSPS) is 27.9. The van der Waals surface area contributed by atoms with Crippen LogP contribution < -0.4 is 9.47 Å². The highest BCUT2D eigenvalue weighted by molar-refractivity contribution is 6.04. The van der Waals surface area contributed by atoms with Gasteiger partial charge in [0.2, 0.25) is 0 Å². The Balaban J connectivity index is 1.56. The fourth-order valence-corrected chi connectivity index (χ4v) is 6.52. The van der Waals surface area contributed by atoms with Crippen molar-refractivity contribution in [3.8, 4) is 11.5 Å². The molecule has 156 valence electrons. The first-order valence-electron chi connectivity index (χ1n) is 11.2. The van der Waals surface area contributed by atoms with Crippen LogP contribution in [-0.4, -0.2) is 19.9 Å². The van der Waals surface area contributed by atoms with Gasteiger partial charge in [-0.1, -0.05) is 66.7 Å². The van der Waals surface area contributed by atoms with Crippen LogP contribution in [0.4, 0.5) is 0 Å². The maximum atomic E-state index is 5.85. The predicted octanol–water partition coefficient (Wildman–Crippen LogP) is 5.77. The number of aliphatic imine (C=N–C) groups is 1. The van der Waals surface area contributed by atoms with Gasteiger partial charge in [-0.25, -0.2) is 0 Å². The third-order valence-corrected chi connectivity index (χ3v) is 7.68. The Morgan fingerprint density at radius 2 is 1.58 bits per heavy atom. The summed E-state index contributed by atoms with van der Waals surface area (Å²) in [7, 11) is 3.48. The van der Waals surface area contributed by atoms with E-state index in [1.165, 1.54) is 28.0 Å². The molecule has 3 nitrogen and oxygen atoms in total. The van der Waals surface area contributed by atoms with E-state index in [0.717, 1.165) is 30.8 Å². The van der Waals surface area contributed by atoms with Gasteiger partial charge in [0.1, 0.15) is 0 Å². The van der Waals surface area contributed by atoms with E-state index >= 15 is 0 Å². The molecule has 0 amide bonds. The van der Waals surface area contributed by atoms with E-state index in [0.29, 0.717) is 17.8 Å². The molecule has 1 saturated carbocycles. The lowest BCUT2D eigenvalue weighted by Gasteiger charge is -2.56. The van der Waals surface area contributed by atoms with Crippen molar-refractivity contribution in [2.45, 2.75) is 30.7 Å². The summed E-state index contributed by atoms with van der Waals surface area (Å²) in [5.41, 5.74) is 6.51. The molecule has 0 radical (unpaired) electrons. The highest BCUT2D eigenvalue weighted by atomic mass is 16.5. The Kier molecular flexibility index (Phi) is 4.21. The van der Waals surface area contributed by atoms with E-state index in [-0.39, 0.29) is 5.54 Å². The van der Waals surface area contributed by atoms with Crippen molar-refractivity contribution < 1.29 is 9.47 Å². The summed E-state index contributed by atoms with van der Waals surface area (Å²) in [6.07, 6.45) is 3.16. The summed E-state index contributed by atoms with van der Waals surface area (Å²) < 4.78 is 11.5. The lowest BCUT2D eigenvalue weighted by Crippen LogP contribution is -2.52. The molecule has 7 rings (SSSR count). The maximum absolute atomic E-state index is 5.85. The molecule has 3 heteroatoms. The van der Waals surface area contributed by atoms with Crippen molar-refractivity contribution in [1.29, 1.82) is 0 Å². The zero-order valence-electron chi connectivity index (χ0n) is 18.0. The van der Waals surface area contributed by atoms with Crippen molar-refractivity contribution >= 4 is 5.71 Å². The van der Waals surface area contributed by atoms with Gasteiger partial charge in [-0.05, 0) is 53.9 Å². The molecule has 3 aromatic rings. The van der Waals surface area contributed by atoms with E-state index < -0.39 is 0 Å². The average Bonchev–Trinajstić information content (AvgIpc) is 2.84. The third-order valence-electron chi connectivity index (χ3n) is 7.68. The number of hydrogen-bond acceptors (Lipinski definition) is 3. The van der Waals surface area contributed by atoms with Gasteiger partial charge in [0.15, 0.2) is 11.5 Å². The van der Waals surface area contributed by atoms with Crippen LogP contribution >= 0.6 is 0 Å². The first-order chi connectivity index (χ1) is 15.2. The molecule has 0 aromatic heterocycles. The zero-order chi connectivity index (χ0) is 21.0. The smallest absolute Gasteiger partial charge is 0.164 e. The van der Waals surface area contributed by atoms with E-state index in [1.54, 1.807) is 14.2 Å². The van der Waals surface area contributed by atoms with E-state index in [9.17, 15) is 0 Å². The van der Waals surface area contributed by atoms with Crippen molar-refractivity contribution in [3.63, 3.8) is 0 Å². The molecule has 31 heavy (non-hydrogen) atoms. The SMILES string of the molecule is COc1ccc2c(c1OC)C[C@H]1C[C@@]3(c4ccccc4)C[C@@H]2[C@@H]1C(c1ccccc1)=N3. The Morgan fingerprint density at radius 1 is 0.839 bits per heavy atom. The summed E-state index contributed by atoms with van der Waals surface area (Å²) in [5, 5.41) is 0. The molecule has 2 aliphatic heterocycles. The van der Waals surface area contributed by atoms with Gasteiger partial charge >= 0.3 is 0 Å². The summed E-state index contributed by atoms with van der Waals surface area (Å²) in [6, 6.07) is 26.1. The number of ether oxygens (including phenoxy) is 2. The number of methoxy groups -OCH3 is 2. The second-order valence-electron chi connectivity index (χ2n) is 9.13. The number of fused-ring (bicyclic) bond motifs is 1. The van der Waals surface area contributed by atoms with Crippen LogP contribution in [0.25, 0.3) is 0 Å². The highest BCUT2D eigenvalue weighted by Crippen LogP contribution is 2.62. The minimum atomic E-state index is -0.151. The molecule has 0 unspecified atom stereocenters. The second kappa shape index (κ2) is 6.98. The first kappa shape index (κ1) is 18.7. The van der Waals surface area contributed by atoms with Crippen LogP contribution in [0.2, 0.25) is 0 Å². The van der Waals surface area contributed by atoms with Crippen LogP contribution in [0.3, 0.4) is 0 Å². The number of rotatable bonds is 4. The van der Waals surface area contributed by atoms with Gasteiger partial charge in [0.05, 0.1) is 19.8 Å². The number of nitrogens with zero attached hydrogens (tertiary/aromatic N) is 1. The molecule has 4 bridgehead atoms. The molecule has 4 atom stereocenters. The van der Waals surface area contributed by atoms with Gasteiger partial charge in [-0.2, -0.15) is 0 Å². The van der Waals surface area contributed by atoms with E-state index in [2.05, 4.69) is 72.8 Å². The Morgan fingerprint density at radius 3 is 2.29 bits per heavy atom. The Labute approximate surface area is 183 Å². The standard InChI is InChI=1S/C28H27NO2/c1-30-24-14-13-21-22(27(24)31-2)15-19-16-28(20-11-7-4-8-12-20)17-23(21)25(19)26(29-28)18-9-5-3-6-10-18/h3-14,19,23,25H,15-17H2,1-2H3/t19-,23-,25+,28-/m0/s1. The van der Waals surface area contributed by atoms with Crippen LogP contribution in [0.15, 0.2) is 77.8 Å². The topological polar surface area (TPSA) is 30.8 Å². The minimum Gasteiger partial charge on any atom is -0.493 e. The lowest BCUT2D eigenvalue weighted by molar-refractivity contribution is 0.129. The molecule has 3 aromatic carbocycles. The van der Waals surface area contributed by atoms with E-state index in [4.69, 9.17) is 14.5 Å². The van der Waals surface area contributed by atoms with Crippen LogP contribution in [0.1, 0.15) is 41.0 Å². The molecule has 0 spiro atoms. The van der Waals surface area contributed by atoms with Crippen LogP contribution in [0.5, 0.6) is 11.5 Å². The van der Waals surface area contributed by atoms with Crippen LogP contribution in [0, 0.1) is 11.8 Å². The van der Waals surface area contributed by atoms with Crippen molar-refractivity contribution in [2.75, 3.05) is 14.2 Å². The molecule has 1 fully saturated rings. The van der Waals surface area contributed by atoms with Crippen LogP contribution in [-0.2, 0) is 12.0 Å². The average molecular weight is 410 g/mol. The minimum absolute atomic E-state index is 0.151. The van der Waals surface area contributed by atoms with E-state index in [1.807, 2.05) is 0 Å². The monoisotopic (exact) mass is 409 g/mol. The maximum Gasteiger partial charge on any atom is 0.164 e. The second-order valence-corrected chi connectivity index (χ2v) is 9.13. The summed E-state index contributed by atoms with van der Waals surface area (Å²) in [5.74, 6) is 3.19. The summed E-state index contributed by atoms with van der Waals surface area (Å²) >= 11 is 0. The Bertz CT molecular complexity index is 1150. The van der Waals surface area contributed by atoms with Crippen molar-refractivity contribution in [2.24, 2.45) is 16.8 Å². The van der Waals surface area contributed by atoms with Gasteiger partial charge in [-0.15, -0.1) is 0 Å². The highest BCUT2D eigenvalue weighted by Gasteiger charge is 2.56. The molecule has 2 heterocycles. The van der Waals surface area contributed by atoms with Gasteiger partial charge in [-0.3, -0.25) is 4.99 Å². The predicted molar refractivity (Wildman–Crippen MR) is 123 cm³/mol. The number of benzene rings is 3. The molecule has 0 saturated heterocycles. The largest absolute Gasteiger partial charge is 0.493 e. The Hall–Kier alpha value is -3.07. The quantitative estimate of drug-likeness (QED) is 0.548. The van der Waals surface area contributed by atoms with Gasteiger partial charge < -0.3 is 9.47 Å². The van der Waals surface area contributed by atoms with Crippen molar-refractivity contribution in [3.05, 3.63) is 95.1 Å². The molecule has 4 aliphatic rings.